The Bertz CT molecular complexity index is 494. The molecule has 0 radical (unpaired) electrons. The van der Waals surface area contributed by atoms with Crippen LogP contribution in [0.3, 0.4) is 0 Å². The highest BCUT2D eigenvalue weighted by Gasteiger charge is 2.44. The van der Waals surface area contributed by atoms with Crippen molar-refractivity contribution in [3.05, 3.63) is 35.4 Å². The van der Waals surface area contributed by atoms with Crippen LogP contribution in [-0.4, -0.2) is 24.5 Å². The fourth-order valence-corrected chi connectivity index (χ4v) is 3.53. The third kappa shape index (κ3) is 2.52. The second-order valence-electron chi connectivity index (χ2n) is 6.13. The summed E-state index contributed by atoms with van der Waals surface area (Å²) in [6.07, 6.45) is 6.03. The molecule has 1 aliphatic heterocycles. The van der Waals surface area contributed by atoms with E-state index in [2.05, 4.69) is 0 Å². The smallest absolute Gasteiger partial charge is 0.166 e. The minimum absolute atomic E-state index is 0.0292. The second kappa shape index (κ2) is 5.66. The quantitative estimate of drug-likeness (QED) is 0.858. The molecular weight excluding hydrogens is 250 g/mol. The Morgan fingerprint density at radius 2 is 2.15 bits per heavy atom. The summed E-state index contributed by atoms with van der Waals surface area (Å²) >= 11 is 0. The summed E-state index contributed by atoms with van der Waals surface area (Å²) in [5.74, 6) is 0.423. The molecule has 0 amide bonds. The van der Waals surface area contributed by atoms with Crippen molar-refractivity contribution in [2.45, 2.75) is 44.1 Å². The molecule has 1 aliphatic carbocycles. The molecule has 1 atom stereocenters. The summed E-state index contributed by atoms with van der Waals surface area (Å²) in [5, 5.41) is 0. The number of nitrogens with two attached hydrogens (primary N) is 1. The highest BCUT2D eigenvalue weighted by molar-refractivity contribution is 5.99. The maximum Gasteiger partial charge on any atom is 0.166 e. The van der Waals surface area contributed by atoms with Crippen molar-refractivity contribution in [2.24, 2.45) is 11.7 Å². The van der Waals surface area contributed by atoms with Crippen molar-refractivity contribution in [1.82, 2.24) is 0 Å². The average Bonchev–Trinajstić information content (AvgIpc) is 2.46. The van der Waals surface area contributed by atoms with Crippen LogP contribution < -0.4 is 5.73 Å². The van der Waals surface area contributed by atoms with Crippen molar-refractivity contribution >= 4 is 5.78 Å². The van der Waals surface area contributed by atoms with Crippen LogP contribution in [0, 0.1) is 5.92 Å². The van der Waals surface area contributed by atoms with Crippen molar-refractivity contribution in [3.63, 3.8) is 0 Å². The molecule has 2 N–H and O–H groups in total. The maximum absolute atomic E-state index is 12.8. The average molecular weight is 273 g/mol. The number of benzene rings is 1. The van der Waals surface area contributed by atoms with Gasteiger partial charge in [-0.25, -0.2) is 0 Å². The molecule has 1 unspecified atom stereocenters. The van der Waals surface area contributed by atoms with E-state index in [1.54, 1.807) is 0 Å². The summed E-state index contributed by atoms with van der Waals surface area (Å²) in [4.78, 5) is 12.8. The predicted molar refractivity (Wildman–Crippen MR) is 78.8 cm³/mol. The number of Topliss-reactive ketones (excluding diaryl/α,β-unsaturated/α-hetero) is 1. The highest BCUT2D eigenvalue weighted by atomic mass is 16.5. The Balaban J connectivity index is 1.78. The van der Waals surface area contributed by atoms with E-state index in [1.807, 2.05) is 24.3 Å². The van der Waals surface area contributed by atoms with Gasteiger partial charge in [0, 0.05) is 18.1 Å². The van der Waals surface area contributed by atoms with Gasteiger partial charge in [0.15, 0.2) is 5.78 Å². The van der Waals surface area contributed by atoms with Gasteiger partial charge in [0.1, 0.15) is 0 Å². The van der Waals surface area contributed by atoms with Crippen LogP contribution >= 0.6 is 0 Å². The van der Waals surface area contributed by atoms with E-state index >= 15 is 0 Å². The molecule has 2 aliphatic rings. The van der Waals surface area contributed by atoms with Gasteiger partial charge in [-0.2, -0.15) is 0 Å². The van der Waals surface area contributed by atoms with Crippen LogP contribution in [0.4, 0.5) is 0 Å². The molecule has 20 heavy (non-hydrogen) atoms. The Morgan fingerprint density at radius 3 is 2.85 bits per heavy atom. The topological polar surface area (TPSA) is 52.3 Å². The first-order valence-corrected chi connectivity index (χ1v) is 7.70. The number of hydrogen-bond acceptors (Lipinski definition) is 3. The number of hydrogen-bond donors (Lipinski definition) is 1. The van der Waals surface area contributed by atoms with E-state index < -0.39 is 0 Å². The Labute approximate surface area is 120 Å². The zero-order valence-electron chi connectivity index (χ0n) is 11.9. The summed E-state index contributed by atoms with van der Waals surface area (Å²) < 4.78 is 5.92. The lowest BCUT2D eigenvalue weighted by Crippen LogP contribution is -2.47. The van der Waals surface area contributed by atoms with Crippen LogP contribution in [0.5, 0.6) is 0 Å². The van der Waals surface area contributed by atoms with Crippen LogP contribution in [0.1, 0.15) is 48.0 Å². The van der Waals surface area contributed by atoms with Crippen LogP contribution in [0.2, 0.25) is 0 Å². The molecule has 3 rings (SSSR count). The first-order chi connectivity index (χ1) is 9.74. The molecule has 2 fully saturated rings. The lowest BCUT2D eigenvalue weighted by molar-refractivity contribution is -0.137. The molecule has 3 heteroatoms. The first-order valence-electron chi connectivity index (χ1n) is 7.70. The number of ketones is 1. The molecule has 1 heterocycles. The summed E-state index contributed by atoms with van der Waals surface area (Å²) in [6, 6.07) is 7.92. The molecule has 3 nitrogen and oxygen atoms in total. The lowest BCUT2D eigenvalue weighted by atomic mass is 9.70. The molecular formula is C17H23NO2. The number of carbonyl (C=O) groups excluding carboxylic acids is 1. The first kappa shape index (κ1) is 13.8. The van der Waals surface area contributed by atoms with Crippen molar-refractivity contribution in [3.8, 4) is 0 Å². The molecule has 1 saturated carbocycles. The maximum atomic E-state index is 12.8. The van der Waals surface area contributed by atoms with Gasteiger partial charge in [0.2, 0.25) is 0 Å². The largest absolute Gasteiger partial charge is 0.375 e. The SMILES string of the molecule is NCCc1ccccc1C(=O)C1CCOC2(CCC2)C1. The Hall–Kier alpha value is -1.19. The zero-order valence-corrected chi connectivity index (χ0v) is 11.9. The molecule has 0 bridgehead atoms. The molecule has 108 valence electrons. The summed E-state index contributed by atoms with van der Waals surface area (Å²) in [5.41, 5.74) is 7.65. The normalized spacial score (nSPS) is 24.4. The molecule has 1 spiro atoms. The fourth-order valence-electron chi connectivity index (χ4n) is 3.53. The van der Waals surface area contributed by atoms with Crippen LogP contribution in [0.25, 0.3) is 0 Å². The van der Waals surface area contributed by atoms with E-state index in [-0.39, 0.29) is 11.5 Å². The van der Waals surface area contributed by atoms with Crippen molar-refractivity contribution < 1.29 is 9.53 Å². The Kier molecular flexibility index (Phi) is 3.90. The van der Waals surface area contributed by atoms with E-state index in [0.717, 1.165) is 49.8 Å². The summed E-state index contributed by atoms with van der Waals surface area (Å²) in [6.45, 7) is 1.32. The number of carbonyl (C=O) groups is 1. The van der Waals surface area contributed by atoms with Gasteiger partial charge < -0.3 is 10.5 Å². The van der Waals surface area contributed by atoms with Gasteiger partial charge in [0.25, 0.3) is 0 Å². The van der Waals surface area contributed by atoms with E-state index in [1.165, 1.54) is 6.42 Å². The van der Waals surface area contributed by atoms with Gasteiger partial charge in [0.05, 0.1) is 5.60 Å². The minimum Gasteiger partial charge on any atom is -0.375 e. The van der Waals surface area contributed by atoms with Gasteiger partial charge >= 0.3 is 0 Å². The standard InChI is InChI=1S/C17H23NO2/c18-10-6-13-4-1-2-5-15(13)16(19)14-7-11-20-17(12-14)8-3-9-17/h1-2,4-5,14H,3,6-12,18H2. The van der Waals surface area contributed by atoms with Gasteiger partial charge in [-0.15, -0.1) is 0 Å². The molecule has 0 aromatic heterocycles. The fraction of sp³-hybridized carbons (Fsp3) is 0.588. The van der Waals surface area contributed by atoms with Gasteiger partial charge in [-0.3, -0.25) is 4.79 Å². The summed E-state index contributed by atoms with van der Waals surface area (Å²) in [7, 11) is 0. The van der Waals surface area contributed by atoms with Gasteiger partial charge in [-0.05, 0) is 50.6 Å². The molecule has 1 aromatic rings. The van der Waals surface area contributed by atoms with Crippen LogP contribution in [-0.2, 0) is 11.2 Å². The number of rotatable bonds is 4. The van der Waals surface area contributed by atoms with Crippen molar-refractivity contribution in [1.29, 1.82) is 0 Å². The van der Waals surface area contributed by atoms with E-state index in [4.69, 9.17) is 10.5 Å². The molecule has 1 saturated heterocycles. The predicted octanol–water partition coefficient (Wildman–Crippen LogP) is 2.72. The van der Waals surface area contributed by atoms with Gasteiger partial charge in [-0.1, -0.05) is 24.3 Å². The highest BCUT2D eigenvalue weighted by Crippen LogP contribution is 2.45. The number of ether oxygens (including phenoxy) is 1. The minimum atomic E-state index is 0.0292. The zero-order chi connectivity index (χ0) is 14.0. The van der Waals surface area contributed by atoms with Crippen LogP contribution in [0.15, 0.2) is 24.3 Å². The Morgan fingerprint density at radius 1 is 1.35 bits per heavy atom. The molecule has 1 aromatic carbocycles. The lowest BCUT2D eigenvalue weighted by Gasteiger charge is -2.46. The monoisotopic (exact) mass is 273 g/mol. The third-order valence-corrected chi connectivity index (χ3v) is 4.83. The third-order valence-electron chi connectivity index (χ3n) is 4.83. The second-order valence-corrected chi connectivity index (χ2v) is 6.13. The van der Waals surface area contributed by atoms with Crippen molar-refractivity contribution in [2.75, 3.05) is 13.2 Å². The van der Waals surface area contributed by atoms with E-state index in [0.29, 0.717) is 12.3 Å². The van der Waals surface area contributed by atoms with E-state index in [9.17, 15) is 4.79 Å².